The van der Waals surface area contributed by atoms with E-state index in [1.54, 1.807) is 6.33 Å². The van der Waals surface area contributed by atoms with Crippen LogP contribution in [0.3, 0.4) is 0 Å². The molecule has 88 valence electrons. The van der Waals surface area contributed by atoms with Crippen molar-refractivity contribution in [3.8, 4) is 0 Å². The number of hydrogen-bond acceptors (Lipinski definition) is 5. The van der Waals surface area contributed by atoms with E-state index in [2.05, 4.69) is 20.3 Å². The Balaban J connectivity index is 2.13. The fourth-order valence-corrected chi connectivity index (χ4v) is 2.07. The Bertz CT molecular complexity index is 387. The normalized spacial score (nSPS) is 19.4. The number of rotatable bonds is 3. The Morgan fingerprint density at radius 2 is 2.50 bits per heavy atom. The maximum Gasteiger partial charge on any atom is 0.156 e. The van der Waals surface area contributed by atoms with Crippen molar-refractivity contribution < 1.29 is 5.21 Å². The average Bonchev–Trinajstić information content (AvgIpc) is 2.77. The zero-order valence-electron chi connectivity index (χ0n) is 9.24. The van der Waals surface area contributed by atoms with Crippen molar-refractivity contribution in [2.24, 2.45) is 10.9 Å². The molecule has 1 aliphatic heterocycles. The molecule has 0 saturated carbocycles. The minimum Gasteiger partial charge on any atom is -0.409 e. The topological polar surface area (TPSA) is 92.6 Å². The quantitative estimate of drug-likeness (QED) is 0.316. The molecule has 1 aliphatic rings. The highest BCUT2D eigenvalue weighted by atomic mass is 16.4. The van der Waals surface area contributed by atoms with E-state index in [0.717, 1.165) is 25.3 Å². The molecule has 2 heterocycles. The maximum absolute atomic E-state index is 8.73. The average molecular weight is 224 g/mol. The molecule has 7 nitrogen and oxygen atoms in total. The smallest absolute Gasteiger partial charge is 0.156 e. The van der Waals surface area contributed by atoms with Crippen LogP contribution in [0.5, 0.6) is 0 Å². The first-order valence-corrected chi connectivity index (χ1v) is 5.34. The molecule has 0 bridgehead atoms. The Morgan fingerprint density at radius 1 is 1.69 bits per heavy atom. The maximum atomic E-state index is 8.73. The van der Waals surface area contributed by atoms with Gasteiger partial charge in [0, 0.05) is 13.1 Å². The summed E-state index contributed by atoms with van der Waals surface area (Å²) in [5.41, 5.74) is 5.67. The molecule has 3 N–H and O–H groups in total. The van der Waals surface area contributed by atoms with Crippen molar-refractivity contribution in [3.05, 3.63) is 12.2 Å². The number of hydrogen-bond donors (Lipinski definition) is 2. The summed E-state index contributed by atoms with van der Waals surface area (Å²) >= 11 is 0. The van der Waals surface area contributed by atoms with Gasteiger partial charge in [0.05, 0.1) is 12.6 Å². The molecule has 0 amide bonds. The van der Waals surface area contributed by atoms with Crippen LogP contribution in [-0.4, -0.2) is 43.3 Å². The van der Waals surface area contributed by atoms with Crippen molar-refractivity contribution in [3.63, 3.8) is 0 Å². The first-order chi connectivity index (χ1) is 7.76. The highest BCUT2D eigenvalue weighted by Gasteiger charge is 2.25. The summed E-state index contributed by atoms with van der Waals surface area (Å²) in [6.45, 7) is 4.41. The third-order valence-corrected chi connectivity index (χ3v) is 2.95. The molecule has 7 heteroatoms. The Kier molecular flexibility index (Phi) is 3.04. The molecule has 0 aliphatic carbocycles. The number of fused-ring (bicyclic) bond motifs is 1. The van der Waals surface area contributed by atoms with Crippen molar-refractivity contribution in [2.45, 2.75) is 32.5 Å². The predicted molar refractivity (Wildman–Crippen MR) is 57.9 cm³/mol. The minimum absolute atomic E-state index is 0.0320. The van der Waals surface area contributed by atoms with E-state index in [1.165, 1.54) is 0 Å². The zero-order chi connectivity index (χ0) is 11.5. The molecular weight excluding hydrogens is 208 g/mol. The van der Waals surface area contributed by atoms with Crippen LogP contribution in [0.15, 0.2) is 11.5 Å². The molecule has 1 unspecified atom stereocenters. The summed E-state index contributed by atoms with van der Waals surface area (Å²) < 4.78 is 2.02. The number of oxime groups is 1. The Hall–Kier alpha value is -1.63. The lowest BCUT2D eigenvalue weighted by Gasteiger charge is -2.32. The summed E-state index contributed by atoms with van der Waals surface area (Å²) in [7, 11) is 0. The SMILES string of the molecule is CCC(C(N)=NO)N1CCn2cnnc2C1. The van der Waals surface area contributed by atoms with Gasteiger partial charge >= 0.3 is 0 Å². The number of amidine groups is 1. The molecule has 0 radical (unpaired) electrons. The van der Waals surface area contributed by atoms with Crippen LogP contribution < -0.4 is 5.73 Å². The summed E-state index contributed by atoms with van der Waals surface area (Å²) in [5, 5.41) is 19.7. The zero-order valence-corrected chi connectivity index (χ0v) is 9.24. The van der Waals surface area contributed by atoms with Crippen LogP contribution in [0.4, 0.5) is 0 Å². The van der Waals surface area contributed by atoms with Gasteiger partial charge in [-0.1, -0.05) is 12.1 Å². The molecule has 1 atom stereocenters. The Morgan fingerprint density at radius 3 is 3.19 bits per heavy atom. The van der Waals surface area contributed by atoms with E-state index < -0.39 is 0 Å². The third kappa shape index (κ3) is 1.85. The van der Waals surface area contributed by atoms with Crippen LogP contribution in [0, 0.1) is 0 Å². The summed E-state index contributed by atoms with van der Waals surface area (Å²) in [6, 6.07) is -0.0320. The van der Waals surface area contributed by atoms with Gasteiger partial charge in [-0.15, -0.1) is 10.2 Å². The van der Waals surface area contributed by atoms with E-state index in [1.807, 2.05) is 11.5 Å². The van der Waals surface area contributed by atoms with Gasteiger partial charge in [0.15, 0.2) is 5.84 Å². The van der Waals surface area contributed by atoms with Gasteiger partial charge < -0.3 is 15.5 Å². The largest absolute Gasteiger partial charge is 0.409 e. The Labute approximate surface area is 93.6 Å². The van der Waals surface area contributed by atoms with Gasteiger partial charge in [0.25, 0.3) is 0 Å². The van der Waals surface area contributed by atoms with Crippen molar-refractivity contribution in [2.75, 3.05) is 6.54 Å². The molecule has 0 spiro atoms. The summed E-state index contributed by atoms with van der Waals surface area (Å²) in [6.07, 6.45) is 2.54. The van der Waals surface area contributed by atoms with Crippen LogP contribution in [-0.2, 0) is 13.1 Å². The van der Waals surface area contributed by atoms with Gasteiger partial charge in [-0.05, 0) is 6.42 Å². The minimum atomic E-state index is -0.0320. The molecule has 0 saturated heterocycles. The van der Waals surface area contributed by atoms with Crippen molar-refractivity contribution in [1.82, 2.24) is 19.7 Å². The third-order valence-electron chi connectivity index (χ3n) is 2.95. The lowest BCUT2D eigenvalue weighted by molar-refractivity contribution is 0.181. The van der Waals surface area contributed by atoms with Crippen molar-refractivity contribution >= 4 is 5.84 Å². The highest BCUT2D eigenvalue weighted by molar-refractivity contribution is 5.85. The molecule has 2 rings (SSSR count). The predicted octanol–water partition coefficient (Wildman–Crippen LogP) is -0.381. The molecule has 16 heavy (non-hydrogen) atoms. The highest BCUT2D eigenvalue weighted by Crippen LogP contribution is 2.14. The fraction of sp³-hybridized carbons (Fsp3) is 0.667. The second kappa shape index (κ2) is 4.48. The summed E-state index contributed by atoms with van der Waals surface area (Å²) in [5.74, 6) is 1.19. The van der Waals surface area contributed by atoms with E-state index in [9.17, 15) is 0 Å². The van der Waals surface area contributed by atoms with Crippen LogP contribution in [0.2, 0.25) is 0 Å². The van der Waals surface area contributed by atoms with E-state index >= 15 is 0 Å². The number of aromatic nitrogens is 3. The first kappa shape index (κ1) is 10.9. The lowest BCUT2D eigenvalue weighted by Crippen LogP contribution is -2.47. The molecule has 1 aromatic rings. The van der Waals surface area contributed by atoms with Crippen LogP contribution in [0.25, 0.3) is 0 Å². The monoisotopic (exact) mass is 224 g/mol. The standard InChI is InChI=1S/C9H16N6O/c1-2-7(9(10)13-16)14-3-4-15-6-11-12-8(15)5-14/h6-7,16H,2-5H2,1H3,(H2,10,13). The van der Waals surface area contributed by atoms with Gasteiger partial charge in [0.1, 0.15) is 12.2 Å². The molecule has 0 fully saturated rings. The second-order valence-corrected chi connectivity index (χ2v) is 3.86. The van der Waals surface area contributed by atoms with Gasteiger partial charge in [-0.2, -0.15) is 0 Å². The summed E-state index contributed by atoms with van der Waals surface area (Å²) in [4.78, 5) is 2.15. The van der Waals surface area contributed by atoms with Gasteiger partial charge in [-0.25, -0.2) is 0 Å². The molecular formula is C9H16N6O. The molecule has 0 aromatic carbocycles. The van der Waals surface area contributed by atoms with E-state index in [4.69, 9.17) is 10.9 Å². The van der Waals surface area contributed by atoms with Gasteiger partial charge in [0.2, 0.25) is 0 Å². The van der Waals surface area contributed by atoms with E-state index in [0.29, 0.717) is 6.54 Å². The second-order valence-electron chi connectivity index (χ2n) is 3.86. The number of nitrogens with two attached hydrogens (primary N) is 1. The molecule has 1 aromatic heterocycles. The van der Waals surface area contributed by atoms with Crippen molar-refractivity contribution in [1.29, 1.82) is 0 Å². The van der Waals surface area contributed by atoms with Crippen LogP contribution >= 0.6 is 0 Å². The van der Waals surface area contributed by atoms with Gasteiger partial charge in [-0.3, -0.25) is 4.90 Å². The van der Waals surface area contributed by atoms with E-state index in [-0.39, 0.29) is 11.9 Å². The van der Waals surface area contributed by atoms with Crippen LogP contribution in [0.1, 0.15) is 19.2 Å². The lowest BCUT2D eigenvalue weighted by atomic mass is 10.1. The first-order valence-electron chi connectivity index (χ1n) is 5.34. The fourth-order valence-electron chi connectivity index (χ4n) is 2.07. The number of nitrogens with zero attached hydrogens (tertiary/aromatic N) is 5.